The van der Waals surface area contributed by atoms with Crippen LogP contribution in [0.5, 0.6) is 11.5 Å². The van der Waals surface area contributed by atoms with Gasteiger partial charge in [-0.1, -0.05) is 36.7 Å². The monoisotopic (exact) mass is 393 g/mol. The number of rotatable bonds is 7. The molecule has 0 fully saturated rings. The van der Waals surface area contributed by atoms with E-state index in [1.807, 2.05) is 19.1 Å². The Morgan fingerprint density at radius 2 is 1.81 bits per heavy atom. The van der Waals surface area contributed by atoms with Crippen LogP contribution in [0.15, 0.2) is 55.1 Å². The van der Waals surface area contributed by atoms with Gasteiger partial charge in [-0.15, -0.1) is 0 Å². The fraction of sp³-hybridized carbons (Fsp3) is 0.263. The molecule has 0 N–H and O–H groups in total. The Kier molecular flexibility index (Phi) is 7.45. The lowest BCUT2D eigenvalue weighted by Gasteiger charge is -2.19. The Morgan fingerprint density at radius 3 is 2.42 bits per heavy atom. The van der Waals surface area contributed by atoms with Gasteiger partial charge < -0.3 is 9.47 Å². The van der Waals surface area contributed by atoms with Crippen LogP contribution >= 0.6 is 23.2 Å². The fourth-order valence-electron chi connectivity index (χ4n) is 2.41. The molecule has 0 radical (unpaired) electrons. The van der Waals surface area contributed by atoms with Crippen molar-refractivity contribution in [2.45, 2.75) is 27.0 Å². The second-order valence-electron chi connectivity index (χ2n) is 5.30. The minimum atomic E-state index is -0.219. The van der Waals surface area contributed by atoms with Crippen molar-refractivity contribution in [1.82, 2.24) is 14.8 Å². The third kappa shape index (κ3) is 5.21. The van der Waals surface area contributed by atoms with Crippen molar-refractivity contribution in [3.8, 4) is 11.5 Å². The van der Waals surface area contributed by atoms with Crippen LogP contribution < -0.4 is 4.74 Å². The highest BCUT2D eigenvalue weighted by Gasteiger charge is 2.17. The first-order valence-corrected chi connectivity index (χ1v) is 8.58. The number of aromatic nitrogens is 3. The maximum Gasteiger partial charge on any atom is 0.137 e. The molecule has 0 saturated carbocycles. The molecule has 138 valence electrons. The summed E-state index contributed by atoms with van der Waals surface area (Å²) in [5.41, 5.74) is 0.877. The number of ether oxygens (including phenoxy) is 2. The maximum atomic E-state index is 6.47. The van der Waals surface area contributed by atoms with Crippen LogP contribution in [0.4, 0.5) is 0 Å². The molecule has 1 heterocycles. The molecule has 7 heteroatoms. The Bertz CT molecular complexity index is 808. The second-order valence-corrected chi connectivity index (χ2v) is 6.14. The van der Waals surface area contributed by atoms with Crippen molar-refractivity contribution in [2.24, 2.45) is 0 Å². The average Bonchev–Trinajstić information content (AvgIpc) is 3.10. The molecular weight excluding hydrogens is 373 g/mol. The van der Waals surface area contributed by atoms with Crippen LogP contribution in [-0.2, 0) is 11.3 Å². The minimum Gasteiger partial charge on any atom is -0.457 e. The Labute approximate surface area is 163 Å². The maximum absolute atomic E-state index is 6.47. The van der Waals surface area contributed by atoms with E-state index in [1.165, 1.54) is 6.33 Å². The molecule has 1 unspecified atom stereocenters. The van der Waals surface area contributed by atoms with Gasteiger partial charge in [0, 0.05) is 17.2 Å². The number of benzene rings is 2. The van der Waals surface area contributed by atoms with Crippen LogP contribution in [0.3, 0.4) is 0 Å². The predicted molar refractivity (Wildman–Crippen MR) is 104 cm³/mol. The first-order chi connectivity index (χ1) is 12.2. The lowest BCUT2D eigenvalue weighted by molar-refractivity contribution is 0.0471. The Morgan fingerprint density at radius 1 is 1.08 bits per heavy atom. The summed E-state index contributed by atoms with van der Waals surface area (Å²) in [6.07, 6.45) is 2.93. The molecule has 1 aromatic heterocycles. The van der Waals surface area contributed by atoms with Gasteiger partial charge in [-0.3, -0.25) is 4.68 Å². The lowest BCUT2D eigenvalue weighted by Crippen LogP contribution is -2.13. The van der Waals surface area contributed by atoms with Crippen LogP contribution in [0, 0.1) is 0 Å². The molecule has 0 aliphatic carbocycles. The quantitative estimate of drug-likeness (QED) is 0.509. The van der Waals surface area contributed by atoms with E-state index >= 15 is 0 Å². The van der Waals surface area contributed by atoms with E-state index < -0.39 is 0 Å². The second kappa shape index (κ2) is 9.57. The van der Waals surface area contributed by atoms with Crippen LogP contribution in [0.1, 0.15) is 26.0 Å². The number of hydrogen-bond donors (Lipinski definition) is 0. The zero-order valence-corrected chi connectivity index (χ0v) is 15.1. The summed E-state index contributed by atoms with van der Waals surface area (Å²) in [5, 5.41) is 5.36. The molecule has 5 nitrogen and oxygen atoms in total. The van der Waals surface area contributed by atoms with E-state index in [0.717, 1.165) is 5.56 Å². The molecule has 0 aliphatic rings. The van der Waals surface area contributed by atoms with Crippen LogP contribution in [-0.4, -0.2) is 21.4 Å². The van der Waals surface area contributed by atoms with Crippen LogP contribution in [0.2, 0.25) is 10.0 Å². The molecular formula is C19H21Cl2N3O2. The van der Waals surface area contributed by atoms with Gasteiger partial charge in [-0.2, -0.15) is 5.10 Å². The van der Waals surface area contributed by atoms with Crippen molar-refractivity contribution in [1.29, 1.82) is 0 Å². The Hall–Kier alpha value is -2.08. The summed E-state index contributed by atoms with van der Waals surface area (Å²) in [4.78, 5) is 3.95. The van der Waals surface area contributed by atoms with Crippen molar-refractivity contribution >= 4 is 23.2 Å². The highest BCUT2D eigenvalue weighted by atomic mass is 35.5. The van der Waals surface area contributed by atoms with Gasteiger partial charge in [0.25, 0.3) is 0 Å². The molecule has 0 aliphatic heterocycles. The number of nitrogens with zero attached hydrogens (tertiary/aromatic N) is 3. The predicted octanol–water partition coefficient (Wildman–Crippen LogP) is 5.79. The smallest absolute Gasteiger partial charge is 0.137 e. The van der Waals surface area contributed by atoms with E-state index in [1.54, 1.807) is 41.3 Å². The van der Waals surface area contributed by atoms with E-state index in [9.17, 15) is 0 Å². The van der Waals surface area contributed by atoms with Gasteiger partial charge in [0.1, 0.15) is 30.3 Å². The van der Waals surface area contributed by atoms with Crippen molar-refractivity contribution in [2.75, 3.05) is 6.61 Å². The van der Waals surface area contributed by atoms with E-state index in [0.29, 0.717) is 34.7 Å². The highest BCUT2D eigenvalue weighted by molar-refractivity contribution is 6.31. The van der Waals surface area contributed by atoms with Crippen LogP contribution in [0.25, 0.3) is 0 Å². The van der Waals surface area contributed by atoms with E-state index in [4.69, 9.17) is 32.7 Å². The topological polar surface area (TPSA) is 49.2 Å². The van der Waals surface area contributed by atoms with Crippen molar-refractivity contribution < 1.29 is 9.47 Å². The summed E-state index contributed by atoms with van der Waals surface area (Å²) >= 11 is 12.3. The molecule has 1 atom stereocenters. The molecule has 2 aromatic carbocycles. The van der Waals surface area contributed by atoms with E-state index in [-0.39, 0.29) is 13.5 Å². The minimum absolute atomic E-state index is 0. The molecule has 0 spiro atoms. The van der Waals surface area contributed by atoms with Crippen molar-refractivity contribution in [3.05, 3.63) is 70.7 Å². The van der Waals surface area contributed by atoms with Gasteiger partial charge >= 0.3 is 0 Å². The molecule has 0 amide bonds. The molecule has 0 bridgehead atoms. The third-order valence-corrected chi connectivity index (χ3v) is 4.13. The largest absolute Gasteiger partial charge is 0.457 e. The highest BCUT2D eigenvalue weighted by Crippen LogP contribution is 2.32. The zero-order chi connectivity index (χ0) is 17.6. The van der Waals surface area contributed by atoms with Gasteiger partial charge in [0.05, 0.1) is 11.6 Å². The molecule has 0 saturated heterocycles. The summed E-state index contributed by atoms with van der Waals surface area (Å²) in [6, 6.07) is 12.7. The average molecular weight is 394 g/mol. The van der Waals surface area contributed by atoms with Gasteiger partial charge in [-0.25, -0.2) is 4.98 Å². The number of halogens is 2. The van der Waals surface area contributed by atoms with Gasteiger partial charge in [-0.05, 0) is 43.3 Å². The zero-order valence-electron chi connectivity index (χ0n) is 13.6. The third-order valence-electron chi connectivity index (χ3n) is 3.56. The SMILES string of the molecule is C.CCOC(Cn1cncn1)c1ccc(Oc2ccc(Cl)cc2)cc1Cl. The molecule has 3 rings (SSSR count). The summed E-state index contributed by atoms with van der Waals surface area (Å²) in [7, 11) is 0. The van der Waals surface area contributed by atoms with Gasteiger partial charge in [0.2, 0.25) is 0 Å². The molecule has 26 heavy (non-hydrogen) atoms. The summed E-state index contributed by atoms with van der Waals surface area (Å²) < 4.78 is 13.3. The number of hydrogen-bond acceptors (Lipinski definition) is 4. The summed E-state index contributed by atoms with van der Waals surface area (Å²) in [5.74, 6) is 1.34. The lowest BCUT2D eigenvalue weighted by atomic mass is 10.1. The first kappa shape index (κ1) is 20.2. The standard InChI is InChI=1S/C18H17Cl2N3O2.CH4/c1-2-24-18(10-23-12-21-11-22-23)16-8-7-15(9-17(16)20)25-14-5-3-13(19)4-6-14;/h3-9,11-12,18H,2,10H2,1H3;1H4. The molecule has 3 aromatic rings. The summed E-state index contributed by atoms with van der Waals surface area (Å²) in [6.45, 7) is 3.05. The van der Waals surface area contributed by atoms with Crippen molar-refractivity contribution in [3.63, 3.8) is 0 Å². The Balaban J connectivity index is 0.00000243. The van der Waals surface area contributed by atoms with Gasteiger partial charge in [0.15, 0.2) is 0 Å². The normalized spacial score (nSPS) is 11.7. The van der Waals surface area contributed by atoms with E-state index in [2.05, 4.69) is 10.1 Å². The fourth-order valence-corrected chi connectivity index (χ4v) is 2.83. The first-order valence-electron chi connectivity index (χ1n) is 7.82.